The lowest BCUT2D eigenvalue weighted by Gasteiger charge is -2.25. The largest absolute Gasteiger partial charge is 0.475 e. The van der Waals surface area contributed by atoms with E-state index in [9.17, 15) is 19.6 Å². The maximum Gasteiger partial charge on any atom is 0.475 e. The van der Waals surface area contributed by atoms with Gasteiger partial charge < -0.3 is 24.4 Å². The van der Waals surface area contributed by atoms with Crippen molar-refractivity contribution in [1.82, 2.24) is 0 Å². The Kier molecular flexibility index (Phi) is 9.43. The second kappa shape index (κ2) is 11.1. The number of hydrogen-bond acceptors (Lipinski definition) is 10. The van der Waals surface area contributed by atoms with Crippen LogP contribution in [0, 0.1) is 0 Å². The van der Waals surface area contributed by atoms with Crippen molar-refractivity contribution in [2.75, 3.05) is 26.4 Å². The average molecular weight is 418 g/mol. The van der Waals surface area contributed by atoms with E-state index in [0.29, 0.717) is 0 Å². The number of rotatable bonds is 11. The highest BCUT2D eigenvalue weighted by atomic mass is 31.2. The molecular formula is C15H25B2O10P. The van der Waals surface area contributed by atoms with Gasteiger partial charge in [0.05, 0.1) is 45.1 Å². The van der Waals surface area contributed by atoms with E-state index in [1.165, 1.54) is 0 Å². The summed E-state index contributed by atoms with van der Waals surface area (Å²) in [4.78, 5) is 11.5. The van der Waals surface area contributed by atoms with Crippen molar-refractivity contribution >= 4 is 29.5 Å². The second-order valence-electron chi connectivity index (χ2n) is 6.42. The van der Waals surface area contributed by atoms with Crippen LogP contribution in [-0.2, 0) is 37.1 Å². The molecular weight excluding hydrogens is 393 g/mol. The Morgan fingerprint density at radius 3 is 2.46 bits per heavy atom. The van der Waals surface area contributed by atoms with Crippen LogP contribution in [0.4, 0.5) is 0 Å². The fraction of sp³-hybridized carbons (Fsp3) is 0.933. The quantitative estimate of drug-likeness (QED) is 0.255. The summed E-state index contributed by atoms with van der Waals surface area (Å²) in [5.41, 5.74) is 0. The first kappa shape index (κ1) is 23.8. The van der Waals surface area contributed by atoms with Gasteiger partial charge in [0, 0.05) is 12.0 Å². The third-order valence-electron chi connectivity index (χ3n) is 4.18. The molecule has 2 saturated heterocycles. The lowest BCUT2D eigenvalue weighted by Crippen LogP contribution is -2.29. The van der Waals surface area contributed by atoms with E-state index in [1.54, 1.807) is 6.92 Å². The van der Waals surface area contributed by atoms with Gasteiger partial charge in [-0.1, -0.05) is 0 Å². The molecule has 0 aromatic carbocycles. The Bertz CT molecular complexity index is 553. The van der Waals surface area contributed by atoms with E-state index >= 15 is 0 Å². The van der Waals surface area contributed by atoms with Gasteiger partial charge in [0.1, 0.15) is 27.9 Å². The molecule has 2 rings (SSSR count). The van der Waals surface area contributed by atoms with Crippen molar-refractivity contribution in [3.05, 3.63) is 0 Å². The molecule has 0 spiro atoms. The van der Waals surface area contributed by atoms with Crippen LogP contribution < -0.4 is 0 Å². The lowest BCUT2D eigenvalue weighted by molar-refractivity contribution is -0.143. The normalized spacial score (nSPS) is 35.0. The van der Waals surface area contributed by atoms with Crippen LogP contribution >= 0.6 is 7.82 Å². The standard InChI is InChI=1S/C15H25B2O10P/c1-2-22-15(20)3-4-23-28(21,24-8-12-9(19)5-13(16)26-12)27-10-6-14(17)25-11(10)7-18/h9-14,18-19H,2-8H2,1H3/t9?,10?,11-,12-,13-,14-,28+/m1/s1. The van der Waals surface area contributed by atoms with Gasteiger partial charge in [0.25, 0.3) is 0 Å². The van der Waals surface area contributed by atoms with Crippen LogP contribution in [0.15, 0.2) is 0 Å². The molecule has 0 bridgehead atoms. The molecule has 10 nitrogen and oxygen atoms in total. The second-order valence-corrected chi connectivity index (χ2v) is 8.04. The number of carbonyl (C=O) groups is 1. The Morgan fingerprint density at radius 2 is 1.86 bits per heavy atom. The molecule has 2 N–H and O–H groups in total. The number of aliphatic hydroxyl groups excluding tert-OH is 2. The van der Waals surface area contributed by atoms with Crippen LogP contribution in [0.1, 0.15) is 26.2 Å². The zero-order valence-corrected chi connectivity index (χ0v) is 16.6. The van der Waals surface area contributed by atoms with Crippen LogP contribution in [0.2, 0.25) is 0 Å². The van der Waals surface area contributed by atoms with Crippen molar-refractivity contribution in [3.8, 4) is 0 Å². The molecule has 2 aliphatic rings. The predicted octanol–water partition coefficient (Wildman–Crippen LogP) is -0.614. The molecule has 0 aromatic rings. The third kappa shape index (κ3) is 7.11. The van der Waals surface area contributed by atoms with Crippen molar-refractivity contribution < 1.29 is 47.4 Å². The summed E-state index contributed by atoms with van der Waals surface area (Å²) in [6.45, 7) is 0.866. The fourth-order valence-corrected chi connectivity index (χ4v) is 4.23. The summed E-state index contributed by atoms with van der Waals surface area (Å²) < 4.78 is 44.4. The lowest BCUT2D eigenvalue weighted by atomic mass is 9.96. The molecule has 2 unspecified atom stereocenters. The number of carbonyl (C=O) groups excluding carboxylic acids is 1. The first-order valence-electron chi connectivity index (χ1n) is 9.10. The Balaban J connectivity index is 1.97. The molecule has 0 aliphatic carbocycles. The first-order chi connectivity index (χ1) is 13.3. The maximum absolute atomic E-state index is 13.1. The molecule has 2 fully saturated rings. The molecule has 4 radical (unpaired) electrons. The number of phosphoric acid groups is 1. The topological polar surface area (TPSA) is 130 Å². The summed E-state index contributed by atoms with van der Waals surface area (Å²) in [6.07, 6.45) is -3.14. The van der Waals surface area contributed by atoms with Gasteiger partial charge >= 0.3 is 13.8 Å². The van der Waals surface area contributed by atoms with Gasteiger partial charge in [-0.25, -0.2) is 4.57 Å². The number of esters is 1. The minimum Gasteiger partial charge on any atom is -0.466 e. The highest BCUT2D eigenvalue weighted by molar-refractivity contribution is 7.48. The SMILES string of the molecule is [B][C@H]1CC(O)[C@@H](CO[P@](=O)(OCCC(=O)OCC)OC2C[C@H]([B])O[C@@H]2CO)O1. The van der Waals surface area contributed by atoms with Crippen LogP contribution in [0.5, 0.6) is 0 Å². The summed E-state index contributed by atoms with van der Waals surface area (Å²) in [5.74, 6) is -0.533. The molecule has 13 heteroatoms. The molecule has 2 aliphatic heterocycles. The summed E-state index contributed by atoms with van der Waals surface area (Å²) in [6, 6.07) is -1.36. The van der Waals surface area contributed by atoms with E-state index in [-0.39, 0.29) is 39.1 Å². The van der Waals surface area contributed by atoms with Gasteiger partial charge in [-0.3, -0.25) is 18.4 Å². The molecule has 0 amide bonds. The van der Waals surface area contributed by atoms with Crippen LogP contribution in [0.3, 0.4) is 0 Å². The molecule has 2 heterocycles. The fourth-order valence-electron chi connectivity index (χ4n) is 2.83. The minimum absolute atomic E-state index is 0.160. The Hall–Kier alpha value is -0.450. The van der Waals surface area contributed by atoms with Crippen molar-refractivity contribution in [2.45, 2.75) is 62.6 Å². The monoisotopic (exact) mass is 418 g/mol. The molecule has 0 aromatic heterocycles. The first-order valence-corrected chi connectivity index (χ1v) is 10.6. The van der Waals surface area contributed by atoms with Gasteiger partial charge in [0.15, 0.2) is 0 Å². The minimum atomic E-state index is -4.21. The highest BCUT2D eigenvalue weighted by Crippen LogP contribution is 2.52. The number of hydrogen-bond donors (Lipinski definition) is 2. The van der Waals surface area contributed by atoms with E-state index in [4.69, 9.17) is 43.5 Å². The van der Waals surface area contributed by atoms with Gasteiger partial charge in [-0.15, -0.1) is 0 Å². The zero-order chi connectivity index (χ0) is 20.7. The van der Waals surface area contributed by atoms with Gasteiger partial charge in [-0.05, 0) is 19.8 Å². The number of phosphoric ester groups is 1. The van der Waals surface area contributed by atoms with E-state index < -0.39 is 56.8 Å². The Labute approximate surface area is 166 Å². The molecule has 28 heavy (non-hydrogen) atoms. The van der Waals surface area contributed by atoms with Crippen LogP contribution in [0.25, 0.3) is 0 Å². The van der Waals surface area contributed by atoms with Gasteiger partial charge in [-0.2, -0.15) is 0 Å². The molecule has 156 valence electrons. The summed E-state index contributed by atoms with van der Waals surface area (Å²) in [5, 5.41) is 19.2. The van der Waals surface area contributed by atoms with E-state index in [0.717, 1.165) is 0 Å². The van der Waals surface area contributed by atoms with Crippen molar-refractivity contribution in [1.29, 1.82) is 0 Å². The smallest absolute Gasteiger partial charge is 0.466 e. The number of ether oxygens (including phenoxy) is 3. The molecule has 7 atom stereocenters. The van der Waals surface area contributed by atoms with Crippen molar-refractivity contribution in [2.24, 2.45) is 0 Å². The summed E-state index contributed by atoms with van der Waals surface area (Å²) >= 11 is 0. The predicted molar refractivity (Wildman–Crippen MR) is 96.8 cm³/mol. The number of aliphatic hydroxyl groups is 2. The average Bonchev–Trinajstić information content (AvgIpc) is 3.13. The van der Waals surface area contributed by atoms with E-state index in [2.05, 4.69) is 0 Å². The maximum atomic E-state index is 13.1. The van der Waals surface area contributed by atoms with Gasteiger partial charge in [0.2, 0.25) is 0 Å². The molecule has 0 saturated carbocycles. The van der Waals surface area contributed by atoms with E-state index in [1.807, 2.05) is 0 Å². The highest BCUT2D eigenvalue weighted by Gasteiger charge is 2.42. The van der Waals surface area contributed by atoms with Crippen LogP contribution in [-0.4, -0.2) is 94.7 Å². The Morgan fingerprint density at radius 1 is 1.18 bits per heavy atom. The third-order valence-corrected chi connectivity index (χ3v) is 5.68. The zero-order valence-electron chi connectivity index (χ0n) is 15.7. The summed E-state index contributed by atoms with van der Waals surface area (Å²) in [7, 11) is 7.07. The van der Waals surface area contributed by atoms with Crippen molar-refractivity contribution in [3.63, 3.8) is 0 Å².